The van der Waals surface area contributed by atoms with E-state index in [-0.39, 0.29) is 24.0 Å². The van der Waals surface area contributed by atoms with Gasteiger partial charge in [0.15, 0.2) is 0 Å². The van der Waals surface area contributed by atoms with E-state index in [1.807, 2.05) is 0 Å². The van der Waals surface area contributed by atoms with Gasteiger partial charge in [-0.25, -0.2) is 9.59 Å². The van der Waals surface area contributed by atoms with Crippen molar-refractivity contribution in [2.75, 3.05) is 0 Å². The first-order valence-corrected chi connectivity index (χ1v) is 6.41. The van der Waals surface area contributed by atoms with Crippen LogP contribution in [0.1, 0.15) is 26.7 Å². The lowest BCUT2D eigenvalue weighted by molar-refractivity contribution is -0.155. The second kappa shape index (κ2) is 6.39. The van der Waals surface area contributed by atoms with Gasteiger partial charge in [-0.2, -0.15) is 0 Å². The van der Waals surface area contributed by atoms with Gasteiger partial charge in [0.1, 0.15) is 11.5 Å². The number of carbonyl (C=O) groups excluding carboxylic acids is 1. The van der Waals surface area contributed by atoms with Crippen molar-refractivity contribution in [2.45, 2.75) is 32.8 Å². The Kier molecular flexibility index (Phi) is 5.07. The summed E-state index contributed by atoms with van der Waals surface area (Å²) in [6.45, 7) is 6.45. The smallest absolute Gasteiger partial charge is 0.333 e. The second-order valence-electron chi connectivity index (χ2n) is 5.11. The number of rotatable bonds is 6. The van der Waals surface area contributed by atoms with E-state index in [9.17, 15) is 24.6 Å². The molecular formula is C15H18O6. The van der Waals surface area contributed by atoms with Crippen molar-refractivity contribution in [2.24, 2.45) is 5.41 Å². The van der Waals surface area contributed by atoms with Crippen LogP contribution in [0.15, 0.2) is 36.0 Å². The number of allylic oxidation sites excluding steroid dienone is 3. The first kappa shape index (κ1) is 16.7. The van der Waals surface area contributed by atoms with Gasteiger partial charge in [-0.1, -0.05) is 24.8 Å². The standard InChI is InChI=1S/C15H18O6/c1-9(2)13(18)21-10(3)8-15(14(19)20)7-5-4-6-11(15)12(16)17/h4-6,10H,1,7-8H2,2-3H3,(H,16,17)(H,19,20). The summed E-state index contributed by atoms with van der Waals surface area (Å²) >= 11 is 0. The fraction of sp³-hybridized carbons (Fsp3) is 0.400. The van der Waals surface area contributed by atoms with E-state index >= 15 is 0 Å². The summed E-state index contributed by atoms with van der Waals surface area (Å²) in [6.07, 6.45) is 3.54. The van der Waals surface area contributed by atoms with Crippen LogP contribution in [-0.2, 0) is 19.1 Å². The lowest BCUT2D eigenvalue weighted by Crippen LogP contribution is -2.40. The molecule has 0 heterocycles. The summed E-state index contributed by atoms with van der Waals surface area (Å²) in [5.74, 6) is -3.17. The third-order valence-corrected chi connectivity index (χ3v) is 3.31. The molecule has 1 aliphatic carbocycles. The SMILES string of the molecule is C=C(C)C(=O)OC(C)CC1(C(=O)O)CC=CC=C1C(=O)O. The molecule has 0 fully saturated rings. The summed E-state index contributed by atoms with van der Waals surface area (Å²) in [6, 6.07) is 0. The van der Waals surface area contributed by atoms with Crippen LogP contribution >= 0.6 is 0 Å². The van der Waals surface area contributed by atoms with Crippen molar-refractivity contribution in [1.82, 2.24) is 0 Å². The number of hydrogen-bond acceptors (Lipinski definition) is 4. The molecule has 0 aromatic carbocycles. The molecule has 21 heavy (non-hydrogen) atoms. The van der Waals surface area contributed by atoms with E-state index in [0.29, 0.717) is 0 Å². The number of esters is 1. The summed E-state index contributed by atoms with van der Waals surface area (Å²) in [4.78, 5) is 34.4. The molecule has 0 saturated carbocycles. The summed E-state index contributed by atoms with van der Waals surface area (Å²) in [5, 5.41) is 18.7. The zero-order valence-corrected chi connectivity index (χ0v) is 12.0. The first-order chi connectivity index (χ1) is 9.70. The lowest BCUT2D eigenvalue weighted by Gasteiger charge is -2.32. The zero-order chi connectivity index (χ0) is 16.2. The maximum Gasteiger partial charge on any atom is 0.333 e. The number of hydrogen-bond donors (Lipinski definition) is 2. The van der Waals surface area contributed by atoms with E-state index < -0.39 is 29.4 Å². The average molecular weight is 294 g/mol. The Labute approximate surface area is 122 Å². The van der Waals surface area contributed by atoms with Crippen LogP contribution in [0.25, 0.3) is 0 Å². The molecule has 0 aromatic heterocycles. The molecular weight excluding hydrogens is 276 g/mol. The van der Waals surface area contributed by atoms with E-state index in [0.717, 1.165) is 0 Å². The van der Waals surface area contributed by atoms with Crippen LogP contribution in [0.3, 0.4) is 0 Å². The fourth-order valence-electron chi connectivity index (χ4n) is 2.28. The van der Waals surface area contributed by atoms with Crippen molar-refractivity contribution in [3.8, 4) is 0 Å². The largest absolute Gasteiger partial charge is 0.481 e. The lowest BCUT2D eigenvalue weighted by atomic mass is 9.71. The topological polar surface area (TPSA) is 101 Å². The highest BCUT2D eigenvalue weighted by Gasteiger charge is 2.46. The van der Waals surface area contributed by atoms with Gasteiger partial charge in [-0.3, -0.25) is 4.79 Å². The van der Waals surface area contributed by atoms with E-state index in [4.69, 9.17) is 4.74 Å². The van der Waals surface area contributed by atoms with Gasteiger partial charge in [-0.15, -0.1) is 0 Å². The van der Waals surface area contributed by atoms with E-state index in [1.54, 1.807) is 6.08 Å². The van der Waals surface area contributed by atoms with Crippen LogP contribution in [0.5, 0.6) is 0 Å². The zero-order valence-electron chi connectivity index (χ0n) is 12.0. The first-order valence-electron chi connectivity index (χ1n) is 6.41. The van der Waals surface area contributed by atoms with Crippen molar-refractivity contribution in [1.29, 1.82) is 0 Å². The second-order valence-corrected chi connectivity index (χ2v) is 5.11. The molecule has 6 nitrogen and oxygen atoms in total. The highest BCUT2D eigenvalue weighted by molar-refractivity contribution is 5.97. The Morgan fingerprint density at radius 3 is 2.52 bits per heavy atom. The Hall–Kier alpha value is -2.37. The summed E-state index contributed by atoms with van der Waals surface area (Å²) < 4.78 is 5.07. The minimum Gasteiger partial charge on any atom is -0.481 e. The molecule has 0 aliphatic heterocycles. The normalized spacial score (nSPS) is 22.1. The van der Waals surface area contributed by atoms with E-state index in [1.165, 1.54) is 26.0 Å². The van der Waals surface area contributed by atoms with Crippen LogP contribution in [0.4, 0.5) is 0 Å². The Bertz CT molecular complexity index is 542. The molecule has 0 aromatic rings. The number of carboxylic acids is 2. The van der Waals surface area contributed by atoms with Gasteiger partial charge < -0.3 is 14.9 Å². The summed E-state index contributed by atoms with van der Waals surface area (Å²) in [5.41, 5.74) is -1.62. The molecule has 6 heteroatoms. The Balaban J connectivity index is 3.02. The highest BCUT2D eigenvalue weighted by Crippen LogP contribution is 2.40. The van der Waals surface area contributed by atoms with Crippen molar-refractivity contribution in [3.63, 3.8) is 0 Å². The van der Waals surface area contributed by atoms with Crippen LogP contribution in [0, 0.1) is 5.41 Å². The monoisotopic (exact) mass is 294 g/mol. The third-order valence-electron chi connectivity index (χ3n) is 3.31. The molecule has 2 atom stereocenters. The summed E-state index contributed by atoms with van der Waals surface area (Å²) in [7, 11) is 0. The average Bonchev–Trinajstić information content (AvgIpc) is 2.38. The maximum absolute atomic E-state index is 11.7. The molecule has 2 N–H and O–H groups in total. The minimum atomic E-state index is -1.60. The molecule has 0 bridgehead atoms. The van der Waals surface area contributed by atoms with Gasteiger partial charge >= 0.3 is 17.9 Å². The molecule has 0 spiro atoms. The molecule has 0 saturated heterocycles. The molecule has 0 amide bonds. The van der Waals surface area contributed by atoms with Crippen molar-refractivity contribution >= 4 is 17.9 Å². The highest BCUT2D eigenvalue weighted by atomic mass is 16.5. The van der Waals surface area contributed by atoms with Gasteiger partial charge in [0.25, 0.3) is 0 Å². The van der Waals surface area contributed by atoms with Crippen LogP contribution in [-0.4, -0.2) is 34.2 Å². The van der Waals surface area contributed by atoms with Crippen LogP contribution in [0.2, 0.25) is 0 Å². The Morgan fingerprint density at radius 2 is 2.05 bits per heavy atom. The molecule has 1 rings (SSSR count). The molecule has 0 radical (unpaired) electrons. The minimum absolute atomic E-state index is 0.0371. The van der Waals surface area contributed by atoms with Gasteiger partial charge in [0.2, 0.25) is 0 Å². The number of carboxylic acid groups (broad SMARTS) is 2. The Morgan fingerprint density at radius 1 is 1.43 bits per heavy atom. The van der Waals surface area contributed by atoms with Gasteiger partial charge in [-0.05, 0) is 20.3 Å². The molecule has 114 valence electrons. The molecule has 2 unspecified atom stereocenters. The quantitative estimate of drug-likeness (QED) is 0.573. The number of carbonyl (C=O) groups is 3. The fourth-order valence-corrected chi connectivity index (χ4v) is 2.28. The van der Waals surface area contributed by atoms with Gasteiger partial charge in [0.05, 0.1) is 5.57 Å². The van der Waals surface area contributed by atoms with Gasteiger partial charge in [0, 0.05) is 12.0 Å². The maximum atomic E-state index is 11.7. The van der Waals surface area contributed by atoms with E-state index in [2.05, 4.69) is 6.58 Å². The van der Waals surface area contributed by atoms with Crippen molar-refractivity contribution < 1.29 is 29.3 Å². The predicted molar refractivity (Wildman–Crippen MR) is 74.5 cm³/mol. The number of aliphatic carboxylic acids is 2. The number of ether oxygens (including phenoxy) is 1. The molecule has 1 aliphatic rings. The van der Waals surface area contributed by atoms with Crippen LogP contribution < -0.4 is 0 Å². The predicted octanol–water partition coefficient (Wildman–Crippen LogP) is 1.93. The third kappa shape index (κ3) is 3.59. The van der Waals surface area contributed by atoms with Crippen molar-refractivity contribution in [3.05, 3.63) is 36.0 Å².